The highest BCUT2D eigenvalue weighted by Crippen LogP contribution is 2.33. The first-order valence-electron chi connectivity index (χ1n) is 9.05. The Hall–Kier alpha value is -1.44. The zero-order valence-corrected chi connectivity index (χ0v) is 21.0. The summed E-state index contributed by atoms with van der Waals surface area (Å²) in [6.45, 7) is 11.8. The number of aliphatic imine (C=N–C) groups is 1. The van der Waals surface area contributed by atoms with Gasteiger partial charge in [-0.3, -0.25) is 0 Å². The molecule has 8 heteroatoms. The molecule has 0 aliphatic rings. The molecule has 0 radical (unpaired) electrons. The second kappa shape index (κ2) is 13.0. The van der Waals surface area contributed by atoms with Crippen LogP contribution in [0.5, 0.6) is 5.75 Å². The number of phenols is 1. The van der Waals surface area contributed by atoms with Crippen molar-refractivity contribution < 1.29 is 9.84 Å². The molecule has 0 fully saturated rings. The number of allylic oxidation sites excluding steroid dienone is 4. The van der Waals surface area contributed by atoms with Crippen LogP contribution in [0.15, 0.2) is 58.7 Å². The number of hydrogen-bond acceptors (Lipinski definition) is 4. The third kappa shape index (κ3) is 9.28. The summed E-state index contributed by atoms with van der Waals surface area (Å²) in [6.07, 6.45) is 4.71. The van der Waals surface area contributed by atoms with Crippen LogP contribution in [0, 0.1) is 5.92 Å². The van der Waals surface area contributed by atoms with Crippen LogP contribution >= 0.6 is 43.5 Å². The highest BCUT2D eigenvalue weighted by molar-refractivity contribution is 9.11. The van der Waals surface area contributed by atoms with Gasteiger partial charge in [0.05, 0.1) is 15.6 Å². The van der Waals surface area contributed by atoms with Crippen molar-refractivity contribution in [2.75, 3.05) is 6.61 Å². The molecule has 1 aromatic carbocycles. The van der Waals surface area contributed by atoms with Gasteiger partial charge in [0.15, 0.2) is 5.84 Å². The molecule has 1 rings (SSSR count). The van der Waals surface area contributed by atoms with Crippen LogP contribution in [-0.4, -0.2) is 30.5 Å². The van der Waals surface area contributed by atoms with E-state index in [9.17, 15) is 5.11 Å². The SMILES string of the molecule is C=N/N=C(/CCO/C(=C(C)/C=C(\C)Cl)C(C)C)N=CCc1cc(Br)c(O)c(Br)c1. The first-order chi connectivity index (χ1) is 13.6. The maximum absolute atomic E-state index is 9.79. The van der Waals surface area contributed by atoms with E-state index in [1.54, 1.807) is 6.21 Å². The van der Waals surface area contributed by atoms with Crippen molar-refractivity contribution in [1.82, 2.24) is 0 Å². The van der Waals surface area contributed by atoms with Crippen LogP contribution in [0.1, 0.15) is 39.7 Å². The Balaban J connectivity index is 2.77. The van der Waals surface area contributed by atoms with Crippen LogP contribution in [0.2, 0.25) is 0 Å². The van der Waals surface area contributed by atoms with E-state index in [4.69, 9.17) is 16.3 Å². The lowest BCUT2D eigenvalue weighted by molar-refractivity contribution is 0.189. The molecule has 1 N–H and O–H groups in total. The van der Waals surface area contributed by atoms with Crippen LogP contribution in [-0.2, 0) is 11.2 Å². The summed E-state index contributed by atoms with van der Waals surface area (Å²) in [7, 11) is 0. The van der Waals surface area contributed by atoms with Gasteiger partial charge < -0.3 is 9.84 Å². The van der Waals surface area contributed by atoms with E-state index in [1.807, 2.05) is 32.1 Å². The normalized spacial score (nSPS) is 13.8. The maximum atomic E-state index is 9.79. The van der Waals surface area contributed by atoms with Crippen molar-refractivity contribution in [3.63, 3.8) is 0 Å². The Morgan fingerprint density at radius 3 is 2.41 bits per heavy atom. The first kappa shape index (κ1) is 25.6. The van der Waals surface area contributed by atoms with Gasteiger partial charge in [-0.15, -0.1) is 5.10 Å². The van der Waals surface area contributed by atoms with Gasteiger partial charge in [0.2, 0.25) is 0 Å². The molecule has 29 heavy (non-hydrogen) atoms. The zero-order chi connectivity index (χ0) is 22.0. The van der Waals surface area contributed by atoms with E-state index in [1.165, 1.54) is 0 Å². The molecule has 0 aliphatic heterocycles. The number of nitrogens with zero attached hydrogens (tertiary/aromatic N) is 3. The number of aromatic hydroxyl groups is 1. The summed E-state index contributed by atoms with van der Waals surface area (Å²) >= 11 is 12.6. The molecule has 0 atom stereocenters. The van der Waals surface area contributed by atoms with Gasteiger partial charge in [0.25, 0.3) is 0 Å². The predicted octanol–water partition coefficient (Wildman–Crippen LogP) is 7.02. The molecular weight excluding hydrogens is 522 g/mol. The lowest BCUT2D eigenvalue weighted by atomic mass is 10.1. The Morgan fingerprint density at radius 2 is 1.90 bits per heavy atom. The molecule has 0 saturated carbocycles. The van der Waals surface area contributed by atoms with Gasteiger partial charge >= 0.3 is 0 Å². The van der Waals surface area contributed by atoms with Crippen molar-refractivity contribution in [1.29, 1.82) is 0 Å². The minimum atomic E-state index is 0.171. The largest absolute Gasteiger partial charge is 0.506 e. The number of rotatable bonds is 9. The van der Waals surface area contributed by atoms with Crippen molar-refractivity contribution in [3.05, 3.63) is 49.1 Å². The quantitative estimate of drug-likeness (QED) is 0.119. The van der Waals surface area contributed by atoms with Crippen molar-refractivity contribution in [2.45, 2.75) is 40.5 Å². The molecule has 5 nitrogen and oxygen atoms in total. The van der Waals surface area contributed by atoms with E-state index >= 15 is 0 Å². The second-order valence-electron chi connectivity index (χ2n) is 6.61. The summed E-state index contributed by atoms with van der Waals surface area (Å²) in [5.74, 6) is 1.82. The average Bonchev–Trinajstić information content (AvgIpc) is 2.62. The van der Waals surface area contributed by atoms with Crippen LogP contribution in [0.4, 0.5) is 0 Å². The van der Waals surface area contributed by atoms with Crippen LogP contribution < -0.4 is 0 Å². The fourth-order valence-electron chi connectivity index (χ4n) is 2.57. The molecule has 0 aliphatic carbocycles. The lowest BCUT2D eigenvalue weighted by Gasteiger charge is -2.16. The highest BCUT2D eigenvalue weighted by atomic mass is 79.9. The van der Waals surface area contributed by atoms with Gasteiger partial charge in [0.1, 0.15) is 11.5 Å². The summed E-state index contributed by atoms with van der Waals surface area (Å²) in [6, 6.07) is 3.68. The molecule has 0 spiro atoms. The Bertz CT molecular complexity index is 819. The van der Waals surface area contributed by atoms with Crippen LogP contribution in [0.3, 0.4) is 0 Å². The number of phenolic OH excluding ortho intramolecular Hbond substituents is 1. The summed E-state index contributed by atoms with van der Waals surface area (Å²) < 4.78 is 7.21. The number of amidine groups is 1. The number of benzene rings is 1. The molecule has 0 amide bonds. The van der Waals surface area contributed by atoms with E-state index in [0.717, 1.165) is 16.9 Å². The average molecular weight is 548 g/mol. The monoisotopic (exact) mass is 545 g/mol. The van der Waals surface area contributed by atoms with Crippen LogP contribution in [0.25, 0.3) is 0 Å². The maximum Gasteiger partial charge on any atom is 0.153 e. The fraction of sp³-hybridized carbons (Fsp3) is 0.381. The van der Waals surface area contributed by atoms with Gasteiger partial charge in [-0.05, 0) is 75.1 Å². The molecule has 1 aromatic rings. The highest BCUT2D eigenvalue weighted by Gasteiger charge is 2.09. The summed E-state index contributed by atoms with van der Waals surface area (Å²) in [4.78, 5) is 4.39. The molecule has 0 saturated heterocycles. The number of hydrogen-bond donors (Lipinski definition) is 1. The van der Waals surface area contributed by atoms with Gasteiger partial charge in [-0.25, -0.2) is 4.99 Å². The first-order valence-corrected chi connectivity index (χ1v) is 11.0. The van der Waals surface area contributed by atoms with Gasteiger partial charge in [-0.2, -0.15) is 5.10 Å². The van der Waals surface area contributed by atoms with E-state index < -0.39 is 0 Å². The molecule has 0 aromatic heterocycles. The van der Waals surface area contributed by atoms with Gasteiger partial charge in [-0.1, -0.05) is 25.4 Å². The van der Waals surface area contributed by atoms with Crippen molar-refractivity contribution in [2.24, 2.45) is 21.1 Å². The minimum absolute atomic E-state index is 0.171. The topological polar surface area (TPSA) is 66.5 Å². The smallest absolute Gasteiger partial charge is 0.153 e. The Morgan fingerprint density at radius 1 is 1.28 bits per heavy atom. The minimum Gasteiger partial charge on any atom is -0.506 e. The second-order valence-corrected chi connectivity index (χ2v) is 8.92. The third-order valence-electron chi connectivity index (χ3n) is 3.74. The van der Waals surface area contributed by atoms with E-state index in [0.29, 0.717) is 39.3 Å². The molecule has 0 heterocycles. The molecule has 158 valence electrons. The third-order valence-corrected chi connectivity index (χ3v) is 5.06. The standard InChI is InChI=1S/C21H26Br2ClN3O2/c1-13(2)21(14(3)10-15(4)24)29-9-7-19(27-25-5)26-8-6-16-11-17(22)20(28)18(23)12-16/h8,10-13,28H,5-7,9H2,1-4H3/b15-10+,21-14+,26-8?,27-19-. The number of ether oxygens (including phenoxy) is 1. The Kier molecular flexibility index (Phi) is 11.5. The Labute approximate surface area is 194 Å². The summed E-state index contributed by atoms with van der Waals surface area (Å²) in [5.41, 5.74) is 1.98. The van der Waals surface area contributed by atoms with E-state index in [2.05, 4.69) is 67.6 Å². The van der Waals surface area contributed by atoms with Crippen molar-refractivity contribution >= 4 is 62.2 Å². The lowest BCUT2D eigenvalue weighted by Crippen LogP contribution is -2.07. The van der Waals surface area contributed by atoms with Gasteiger partial charge in [0, 0.05) is 36.7 Å². The summed E-state index contributed by atoms with van der Waals surface area (Å²) in [5, 5.41) is 18.1. The molecular formula is C21H26Br2ClN3O2. The molecule has 0 unspecified atom stereocenters. The van der Waals surface area contributed by atoms with Crippen molar-refractivity contribution in [3.8, 4) is 5.75 Å². The fourth-order valence-corrected chi connectivity index (χ4v) is 4.02. The predicted molar refractivity (Wildman–Crippen MR) is 130 cm³/mol. The zero-order valence-electron chi connectivity index (χ0n) is 17.0. The van der Waals surface area contributed by atoms with E-state index in [-0.39, 0.29) is 11.7 Å². The number of halogens is 3. The molecule has 0 bridgehead atoms.